The van der Waals surface area contributed by atoms with Gasteiger partial charge in [0.1, 0.15) is 0 Å². The molecule has 1 N–H and O–H groups in total. The molecule has 2 fully saturated rings. The fourth-order valence-corrected chi connectivity index (χ4v) is 5.09. The predicted octanol–water partition coefficient (Wildman–Crippen LogP) is 2.06. The maximum Gasteiger partial charge on any atom is 0.226 e. The van der Waals surface area contributed by atoms with E-state index in [0.29, 0.717) is 13.0 Å². The fraction of sp³-hybridized carbons (Fsp3) is 0.714. The second kappa shape index (κ2) is 8.15. The number of nitrogens with zero attached hydrogens (tertiary/aromatic N) is 4. The van der Waals surface area contributed by atoms with E-state index in [1.807, 2.05) is 23.6 Å². The first kappa shape index (κ1) is 18.7. The van der Waals surface area contributed by atoms with Gasteiger partial charge in [0.2, 0.25) is 5.91 Å². The van der Waals surface area contributed by atoms with E-state index in [9.17, 15) is 9.90 Å². The van der Waals surface area contributed by atoms with Crippen molar-refractivity contribution in [3.8, 4) is 0 Å². The van der Waals surface area contributed by atoms with Crippen molar-refractivity contribution in [3.05, 3.63) is 30.4 Å². The Balaban J connectivity index is 1.37. The minimum absolute atomic E-state index is 0.162. The van der Waals surface area contributed by atoms with Crippen LogP contribution in [0.4, 0.5) is 0 Å². The normalized spacial score (nSPS) is 29.3. The van der Waals surface area contributed by atoms with Gasteiger partial charge in [-0.25, -0.2) is 4.98 Å². The number of allylic oxidation sites excluding steroid dienone is 1. The van der Waals surface area contributed by atoms with Gasteiger partial charge in [0.25, 0.3) is 0 Å². The van der Waals surface area contributed by atoms with Crippen molar-refractivity contribution in [3.63, 3.8) is 0 Å². The van der Waals surface area contributed by atoms with E-state index in [2.05, 4.69) is 20.5 Å². The lowest BCUT2D eigenvalue weighted by atomic mass is 9.71. The SMILES string of the molecule is O=C(CC1=CCCC1)N1CCC[C@@]2(CN(CCn3ccnc3)CC[C@H]2O)C1. The molecule has 0 bridgehead atoms. The van der Waals surface area contributed by atoms with E-state index in [1.165, 1.54) is 12.0 Å². The number of aliphatic hydroxyl groups excluding tert-OH is 1. The molecule has 0 unspecified atom stereocenters. The van der Waals surface area contributed by atoms with Crippen molar-refractivity contribution in [1.29, 1.82) is 0 Å². The van der Waals surface area contributed by atoms with Gasteiger partial charge in [-0.1, -0.05) is 11.6 Å². The molecule has 148 valence electrons. The van der Waals surface area contributed by atoms with Crippen LogP contribution in [0.5, 0.6) is 0 Å². The number of aliphatic hydroxyl groups is 1. The average molecular weight is 373 g/mol. The zero-order chi connectivity index (χ0) is 18.7. The number of carbonyl (C=O) groups excluding carboxylic acids is 1. The Bertz CT molecular complexity index is 672. The highest BCUT2D eigenvalue weighted by Gasteiger charge is 2.46. The highest BCUT2D eigenvalue weighted by atomic mass is 16.3. The Morgan fingerprint density at radius 3 is 2.96 bits per heavy atom. The molecule has 4 rings (SSSR count). The molecule has 1 spiro atoms. The quantitative estimate of drug-likeness (QED) is 0.804. The molecule has 6 heteroatoms. The third kappa shape index (κ3) is 4.27. The van der Waals surface area contributed by atoms with Crippen LogP contribution in [-0.2, 0) is 11.3 Å². The molecule has 0 radical (unpaired) electrons. The minimum Gasteiger partial charge on any atom is -0.392 e. The molecule has 2 atom stereocenters. The van der Waals surface area contributed by atoms with E-state index in [1.54, 1.807) is 0 Å². The van der Waals surface area contributed by atoms with Gasteiger partial charge in [-0.15, -0.1) is 0 Å². The van der Waals surface area contributed by atoms with Crippen molar-refractivity contribution in [2.75, 3.05) is 32.7 Å². The monoisotopic (exact) mass is 372 g/mol. The summed E-state index contributed by atoms with van der Waals surface area (Å²) in [6.07, 6.45) is 14.4. The molecule has 1 aromatic rings. The van der Waals surface area contributed by atoms with Crippen molar-refractivity contribution < 1.29 is 9.90 Å². The number of carbonyl (C=O) groups is 1. The summed E-state index contributed by atoms with van der Waals surface area (Å²) in [6.45, 7) is 5.25. The standard InChI is InChI=1S/C21H32N4O2/c26-19-6-10-23(12-13-24-11-8-22-17-24)15-21(19)7-3-9-25(16-21)20(27)14-18-4-1-2-5-18/h4,8,11,17,19,26H,1-3,5-7,9-10,12-16H2/t19-,21-/m1/s1. The largest absolute Gasteiger partial charge is 0.392 e. The van der Waals surface area contributed by atoms with Crippen LogP contribution in [0.25, 0.3) is 0 Å². The highest BCUT2D eigenvalue weighted by molar-refractivity contribution is 5.79. The second-order valence-electron chi connectivity index (χ2n) is 8.59. The zero-order valence-corrected chi connectivity index (χ0v) is 16.2. The molecule has 6 nitrogen and oxygen atoms in total. The Morgan fingerprint density at radius 1 is 1.26 bits per heavy atom. The summed E-state index contributed by atoms with van der Waals surface area (Å²) in [6, 6.07) is 0. The van der Waals surface area contributed by atoms with Crippen LogP contribution in [0.3, 0.4) is 0 Å². The van der Waals surface area contributed by atoms with Gasteiger partial charge in [-0.05, 0) is 38.5 Å². The van der Waals surface area contributed by atoms with Crippen LogP contribution >= 0.6 is 0 Å². The molecule has 27 heavy (non-hydrogen) atoms. The molecule has 1 amide bonds. The summed E-state index contributed by atoms with van der Waals surface area (Å²) >= 11 is 0. The lowest BCUT2D eigenvalue weighted by Crippen LogP contribution is -2.60. The number of aromatic nitrogens is 2. The molecule has 2 saturated heterocycles. The van der Waals surface area contributed by atoms with Gasteiger partial charge < -0.3 is 19.5 Å². The minimum atomic E-state index is -0.303. The first-order valence-corrected chi connectivity index (χ1v) is 10.5. The number of imidazole rings is 1. The average Bonchev–Trinajstić information content (AvgIpc) is 3.37. The number of hydrogen-bond donors (Lipinski definition) is 1. The summed E-state index contributed by atoms with van der Waals surface area (Å²) in [4.78, 5) is 21.4. The summed E-state index contributed by atoms with van der Waals surface area (Å²) in [5, 5.41) is 10.8. The number of rotatable bonds is 5. The van der Waals surface area contributed by atoms with Crippen molar-refractivity contribution in [2.45, 2.75) is 57.6 Å². The maximum atomic E-state index is 12.8. The number of hydrogen-bond acceptors (Lipinski definition) is 4. The van der Waals surface area contributed by atoms with Gasteiger partial charge in [-0.3, -0.25) is 4.79 Å². The van der Waals surface area contributed by atoms with Crippen LogP contribution in [0.2, 0.25) is 0 Å². The molecular formula is C21H32N4O2. The lowest BCUT2D eigenvalue weighted by molar-refractivity contribution is -0.140. The van der Waals surface area contributed by atoms with Crippen LogP contribution in [0.15, 0.2) is 30.4 Å². The molecule has 2 aliphatic heterocycles. The van der Waals surface area contributed by atoms with Crippen molar-refractivity contribution in [1.82, 2.24) is 19.4 Å². The molecular weight excluding hydrogens is 340 g/mol. The van der Waals surface area contributed by atoms with Crippen LogP contribution in [0, 0.1) is 5.41 Å². The summed E-state index contributed by atoms with van der Waals surface area (Å²) in [7, 11) is 0. The van der Waals surface area contributed by atoms with Crippen LogP contribution in [-0.4, -0.2) is 69.2 Å². The molecule has 0 aromatic carbocycles. The second-order valence-corrected chi connectivity index (χ2v) is 8.59. The Kier molecular flexibility index (Phi) is 5.64. The Labute approximate surface area is 161 Å². The van der Waals surface area contributed by atoms with E-state index < -0.39 is 0 Å². The molecule has 1 aliphatic carbocycles. The van der Waals surface area contributed by atoms with Gasteiger partial charge in [0.15, 0.2) is 0 Å². The third-order valence-corrected chi connectivity index (χ3v) is 6.67. The van der Waals surface area contributed by atoms with Gasteiger partial charge in [0.05, 0.1) is 12.4 Å². The van der Waals surface area contributed by atoms with Crippen LogP contribution < -0.4 is 0 Å². The third-order valence-electron chi connectivity index (χ3n) is 6.67. The molecule has 3 aliphatic rings. The summed E-state index contributed by atoms with van der Waals surface area (Å²) in [5.41, 5.74) is 1.15. The number of amides is 1. The summed E-state index contributed by atoms with van der Waals surface area (Å²) < 4.78 is 2.10. The van der Waals surface area contributed by atoms with E-state index >= 15 is 0 Å². The van der Waals surface area contributed by atoms with Crippen molar-refractivity contribution >= 4 is 5.91 Å². The van der Waals surface area contributed by atoms with Gasteiger partial charge >= 0.3 is 0 Å². The highest BCUT2D eigenvalue weighted by Crippen LogP contribution is 2.39. The molecule has 1 aromatic heterocycles. The number of likely N-dealkylation sites (tertiary alicyclic amines) is 2. The van der Waals surface area contributed by atoms with Gasteiger partial charge in [0, 0.05) is 63.5 Å². The lowest BCUT2D eigenvalue weighted by Gasteiger charge is -2.51. The van der Waals surface area contributed by atoms with E-state index in [4.69, 9.17) is 0 Å². The maximum absolute atomic E-state index is 12.8. The van der Waals surface area contributed by atoms with E-state index in [-0.39, 0.29) is 17.4 Å². The van der Waals surface area contributed by atoms with Crippen LogP contribution in [0.1, 0.15) is 44.9 Å². The smallest absolute Gasteiger partial charge is 0.226 e. The topological polar surface area (TPSA) is 61.6 Å². The van der Waals surface area contributed by atoms with E-state index in [0.717, 1.165) is 64.8 Å². The first-order valence-electron chi connectivity index (χ1n) is 10.5. The fourth-order valence-electron chi connectivity index (χ4n) is 5.09. The number of piperidine rings is 2. The Morgan fingerprint density at radius 2 is 2.19 bits per heavy atom. The molecule has 0 saturated carbocycles. The van der Waals surface area contributed by atoms with Crippen molar-refractivity contribution in [2.24, 2.45) is 5.41 Å². The molecule has 3 heterocycles. The predicted molar refractivity (Wildman–Crippen MR) is 104 cm³/mol. The van der Waals surface area contributed by atoms with Gasteiger partial charge in [-0.2, -0.15) is 0 Å². The Hall–Kier alpha value is -1.66. The first-order chi connectivity index (χ1) is 13.1. The summed E-state index contributed by atoms with van der Waals surface area (Å²) in [5.74, 6) is 0.255. The zero-order valence-electron chi connectivity index (χ0n) is 16.2.